The third-order valence-electron chi connectivity index (χ3n) is 4.07. The molecule has 0 aliphatic carbocycles. The van der Waals surface area contributed by atoms with Crippen LogP contribution in [-0.4, -0.2) is 47.9 Å². The molecule has 2 aromatic rings. The molecule has 2 heterocycles. The van der Waals surface area contributed by atoms with Crippen molar-refractivity contribution in [2.75, 3.05) is 25.1 Å². The van der Waals surface area contributed by atoms with E-state index < -0.39 is 0 Å². The lowest BCUT2D eigenvalue weighted by Crippen LogP contribution is -2.32. The Morgan fingerprint density at radius 3 is 2.81 bits per heavy atom. The van der Waals surface area contributed by atoms with Crippen molar-refractivity contribution in [3.05, 3.63) is 47.7 Å². The number of amides is 2. The van der Waals surface area contributed by atoms with Gasteiger partial charge in [-0.1, -0.05) is 12.1 Å². The monoisotopic (exact) mass is 370 g/mol. The smallest absolute Gasteiger partial charge is 0.263 e. The topological polar surface area (TPSA) is 102 Å². The summed E-state index contributed by atoms with van der Waals surface area (Å²) < 4.78 is 11.0. The highest BCUT2D eigenvalue weighted by atomic mass is 16.5. The first kappa shape index (κ1) is 18.8. The van der Waals surface area contributed by atoms with E-state index in [9.17, 15) is 9.59 Å². The number of aryl methyl sites for hydroxylation is 1. The number of benzene rings is 1. The van der Waals surface area contributed by atoms with Gasteiger partial charge in [0.25, 0.3) is 11.8 Å². The van der Waals surface area contributed by atoms with Gasteiger partial charge in [0.2, 0.25) is 0 Å². The molecule has 3 rings (SSSR count). The number of nitrogens with zero attached hydrogens (tertiary/aromatic N) is 2. The van der Waals surface area contributed by atoms with Crippen LogP contribution < -0.4 is 15.4 Å². The fourth-order valence-corrected chi connectivity index (χ4v) is 2.68. The van der Waals surface area contributed by atoms with Gasteiger partial charge in [-0.05, 0) is 44.0 Å². The van der Waals surface area contributed by atoms with Crippen molar-refractivity contribution < 1.29 is 19.1 Å². The summed E-state index contributed by atoms with van der Waals surface area (Å²) in [4.78, 5) is 24.5. The molecule has 27 heavy (non-hydrogen) atoms. The van der Waals surface area contributed by atoms with Gasteiger partial charge in [-0.15, -0.1) is 5.10 Å². The summed E-state index contributed by atoms with van der Waals surface area (Å²) >= 11 is 0. The summed E-state index contributed by atoms with van der Waals surface area (Å²) in [5.41, 5.74) is 1.13. The highest BCUT2D eigenvalue weighted by Gasteiger charge is 2.18. The van der Waals surface area contributed by atoms with Gasteiger partial charge >= 0.3 is 0 Å². The quantitative estimate of drug-likeness (QED) is 0.769. The molecule has 0 bridgehead atoms. The van der Waals surface area contributed by atoms with Crippen molar-refractivity contribution in [3.63, 3.8) is 0 Å². The summed E-state index contributed by atoms with van der Waals surface area (Å²) in [5.74, 6) is 0.0397. The molecule has 0 saturated carbocycles. The fraction of sp³-hybridized carbons (Fsp3) is 0.368. The molecule has 0 unspecified atom stereocenters. The second kappa shape index (κ2) is 9.09. The van der Waals surface area contributed by atoms with Crippen LogP contribution in [0.4, 0.5) is 5.82 Å². The van der Waals surface area contributed by atoms with E-state index in [0.29, 0.717) is 23.7 Å². The Kier molecular flexibility index (Phi) is 6.32. The summed E-state index contributed by atoms with van der Waals surface area (Å²) in [6.07, 6.45) is 2.02. The molecular formula is C19H22N4O4. The summed E-state index contributed by atoms with van der Waals surface area (Å²) in [5, 5.41) is 13.2. The minimum Gasteiger partial charge on any atom is -0.483 e. The standard InChI is InChI=1S/C19H22N4O4/c1-13-8-9-17(23-22-13)21-18(24)12-27-16-7-3-2-6-15(16)19(25)20-11-14-5-4-10-26-14/h2-3,6-9,14H,4-5,10-12H2,1H3,(H,20,25)(H,21,23,24)/t14-/m1/s1. The van der Waals surface area contributed by atoms with Crippen LogP contribution in [0.25, 0.3) is 0 Å². The van der Waals surface area contributed by atoms with Gasteiger partial charge in [0.05, 0.1) is 17.4 Å². The molecule has 2 N–H and O–H groups in total. The Morgan fingerprint density at radius 1 is 1.22 bits per heavy atom. The van der Waals surface area contributed by atoms with Crippen LogP contribution in [0.15, 0.2) is 36.4 Å². The van der Waals surface area contributed by atoms with Gasteiger partial charge in [0.1, 0.15) is 5.75 Å². The SMILES string of the molecule is Cc1ccc(NC(=O)COc2ccccc2C(=O)NC[C@H]2CCCO2)nn1. The van der Waals surface area contributed by atoms with Crippen LogP contribution >= 0.6 is 0 Å². The number of anilines is 1. The van der Waals surface area contributed by atoms with Crippen LogP contribution in [0.5, 0.6) is 5.75 Å². The fourth-order valence-electron chi connectivity index (χ4n) is 2.68. The molecule has 2 amide bonds. The molecule has 142 valence electrons. The second-order valence-electron chi connectivity index (χ2n) is 6.24. The molecule has 1 aromatic carbocycles. The van der Waals surface area contributed by atoms with Crippen molar-refractivity contribution >= 4 is 17.6 Å². The minimum absolute atomic E-state index is 0.0587. The molecule has 1 aliphatic rings. The number of nitrogens with one attached hydrogen (secondary N) is 2. The van der Waals surface area contributed by atoms with E-state index in [1.165, 1.54) is 0 Å². The van der Waals surface area contributed by atoms with Crippen molar-refractivity contribution in [1.29, 1.82) is 0 Å². The van der Waals surface area contributed by atoms with Crippen molar-refractivity contribution in [1.82, 2.24) is 15.5 Å². The number of carbonyl (C=O) groups is 2. The van der Waals surface area contributed by atoms with Gasteiger partial charge in [-0.25, -0.2) is 0 Å². The van der Waals surface area contributed by atoms with Crippen molar-refractivity contribution in [2.24, 2.45) is 0 Å². The van der Waals surface area contributed by atoms with Gasteiger partial charge in [0.15, 0.2) is 12.4 Å². The minimum atomic E-state index is -0.386. The zero-order valence-corrected chi connectivity index (χ0v) is 15.1. The first-order valence-electron chi connectivity index (χ1n) is 8.83. The number of rotatable bonds is 7. The zero-order valence-electron chi connectivity index (χ0n) is 15.1. The molecule has 1 atom stereocenters. The van der Waals surface area contributed by atoms with Crippen molar-refractivity contribution in [3.8, 4) is 5.75 Å². The molecular weight excluding hydrogens is 348 g/mol. The van der Waals surface area contributed by atoms with E-state index >= 15 is 0 Å². The Bertz CT molecular complexity index is 789. The average molecular weight is 370 g/mol. The molecule has 8 nitrogen and oxygen atoms in total. The zero-order chi connectivity index (χ0) is 19.1. The van der Waals surface area contributed by atoms with Gasteiger partial charge < -0.3 is 20.1 Å². The van der Waals surface area contributed by atoms with Crippen LogP contribution in [0.2, 0.25) is 0 Å². The van der Waals surface area contributed by atoms with E-state index in [4.69, 9.17) is 9.47 Å². The second-order valence-corrected chi connectivity index (χ2v) is 6.24. The van der Waals surface area contributed by atoms with Gasteiger partial charge in [-0.3, -0.25) is 9.59 Å². The highest BCUT2D eigenvalue weighted by Crippen LogP contribution is 2.18. The lowest BCUT2D eigenvalue weighted by Gasteiger charge is -2.13. The largest absolute Gasteiger partial charge is 0.483 e. The molecule has 1 saturated heterocycles. The van der Waals surface area contributed by atoms with Crippen LogP contribution in [0.1, 0.15) is 28.9 Å². The third-order valence-corrected chi connectivity index (χ3v) is 4.07. The summed E-state index contributed by atoms with van der Waals surface area (Å²) in [6, 6.07) is 10.2. The van der Waals surface area contributed by atoms with Crippen LogP contribution in [-0.2, 0) is 9.53 Å². The van der Waals surface area contributed by atoms with E-state index in [2.05, 4.69) is 20.8 Å². The average Bonchev–Trinajstić information content (AvgIpc) is 3.20. The van der Waals surface area contributed by atoms with Crippen LogP contribution in [0, 0.1) is 6.92 Å². The molecule has 0 radical (unpaired) electrons. The lowest BCUT2D eigenvalue weighted by molar-refractivity contribution is -0.118. The number of aromatic nitrogens is 2. The maximum absolute atomic E-state index is 12.4. The Hall–Kier alpha value is -3.00. The van der Waals surface area contributed by atoms with E-state index in [1.807, 2.05) is 6.92 Å². The van der Waals surface area contributed by atoms with Gasteiger partial charge in [-0.2, -0.15) is 5.10 Å². The van der Waals surface area contributed by atoms with Gasteiger partial charge in [0, 0.05) is 13.2 Å². The Morgan fingerprint density at radius 2 is 2.07 bits per heavy atom. The number of ether oxygens (including phenoxy) is 2. The molecule has 8 heteroatoms. The molecule has 0 spiro atoms. The first-order valence-corrected chi connectivity index (χ1v) is 8.83. The Balaban J connectivity index is 1.54. The summed E-state index contributed by atoms with van der Waals surface area (Å²) in [7, 11) is 0. The molecule has 1 aliphatic heterocycles. The van der Waals surface area contributed by atoms with E-state index in [-0.39, 0.29) is 24.5 Å². The molecule has 1 aromatic heterocycles. The number of hydrogen-bond acceptors (Lipinski definition) is 6. The highest BCUT2D eigenvalue weighted by molar-refractivity contribution is 5.97. The normalized spacial score (nSPS) is 16.0. The lowest BCUT2D eigenvalue weighted by atomic mass is 10.1. The molecule has 1 fully saturated rings. The number of carbonyl (C=O) groups excluding carboxylic acids is 2. The first-order chi connectivity index (χ1) is 13.1. The number of para-hydroxylation sites is 1. The predicted octanol–water partition coefficient (Wildman–Crippen LogP) is 1.71. The van der Waals surface area contributed by atoms with E-state index in [1.54, 1.807) is 36.4 Å². The van der Waals surface area contributed by atoms with Crippen LogP contribution in [0.3, 0.4) is 0 Å². The van der Waals surface area contributed by atoms with E-state index in [0.717, 1.165) is 25.1 Å². The predicted molar refractivity (Wildman–Crippen MR) is 98.6 cm³/mol. The maximum atomic E-state index is 12.4. The van der Waals surface area contributed by atoms with Crippen molar-refractivity contribution in [2.45, 2.75) is 25.9 Å². The third kappa shape index (κ3) is 5.49. The number of hydrogen-bond donors (Lipinski definition) is 2. The summed E-state index contributed by atoms with van der Waals surface area (Å²) in [6.45, 7) is 2.76. The maximum Gasteiger partial charge on any atom is 0.263 e. The Labute approximate surface area is 157 Å².